The second-order valence-electron chi connectivity index (χ2n) is 7.06. The molecule has 1 aliphatic rings. The van der Waals surface area contributed by atoms with Gasteiger partial charge in [-0.2, -0.15) is 0 Å². The normalized spacial score (nSPS) is 16.4. The summed E-state index contributed by atoms with van der Waals surface area (Å²) < 4.78 is 1.05. The summed E-state index contributed by atoms with van der Waals surface area (Å²) >= 11 is 2.18. The van der Waals surface area contributed by atoms with Crippen LogP contribution in [0.5, 0.6) is 0 Å². The van der Waals surface area contributed by atoms with E-state index in [0.717, 1.165) is 22.7 Å². The molecule has 1 aliphatic carbocycles. The van der Waals surface area contributed by atoms with Crippen molar-refractivity contribution in [3.8, 4) is 0 Å². The number of hydrogen-bond acceptors (Lipinski definition) is 11. The van der Waals surface area contributed by atoms with Crippen LogP contribution in [0.4, 0.5) is 11.4 Å². The fraction of sp³-hybridized carbons (Fsp3) is 0. The van der Waals surface area contributed by atoms with Crippen LogP contribution in [-0.4, -0.2) is 35.8 Å². The Morgan fingerprint density at radius 3 is 1.56 bits per heavy atom. The molecular weight excluding hydrogens is 484 g/mol. The zero-order valence-corrected chi connectivity index (χ0v) is 18.3. The van der Waals surface area contributed by atoms with Crippen molar-refractivity contribution in [3.05, 3.63) is 89.3 Å². The van der Waals surface area contributed by atoms with Crippen LogP contribution in [-0.2, 0) is 4.79 Å². The number of nitro groups is 2. The van der Waals surface area contributed by atoms with Crippen molar-refractivity contribution in [1.82, 2.24) is 9.97 Å². The van der Waals surface area contributed by atoms with Crippen molar-refractivity contribution in [2.45, 2.75) is 0 Å². The Labute approximate surface area is 196 Å². The van der Waals surface area contributed by atoms with Crippen molar-refractivity contribution in [2.75, 3.05) is 0 Å². The second kappa shape index (κ2) is 7.83. The highest BCUT2D eigenvalue weighted by molar-refractivity contribution is 7.19. The molecule has 0 amide bonds. The molecule has 0 saturated heterocycles. The molecule has 2 N–H and O–H groups in total. The van der Waals surface area contributed by atoms with Gasteiger partial charge in [0.2, 0.25) is 5.78 Å². The molecule has 4 aromatic rings. The summed E-state index contributed by atoms with van der Waals surface area (Å²) in [6.07, 6.45) is 2.60. The molecule has 0 unspecified atom stereocenters. The Balaban J connectivity index is 1.51. The molecule has 0 aliphatic heterocycles. The number of nitrogens with zero attached hydrogens (tertiary/aromatic N) is 4. The van der Waals surface area contributed by atoms with Crippen LogP contribution in [0, 0.1) is 20.2 Å². The van der Waals surface area contributed by atoms with E-state index in [1.54, 1.807) is 0 Å². The number of thiazole rings is 2. The van der Waals surface area contributed by atoms with Crippen molar-refractivity contribution in [2.24, 2.45) is 0 Å². The molecule has 2 aromatic carbocycles. The largest absolute Gasteiger partial charge is 0.504 e. The van der Waals surface area contributed by atoms with E-state index in [0.29, 0.717) is 30.4 Å². The summed E-state index contributed by atoms with van der Waals surface area (Å²) in [7, 11) is 0. The number of carbonyl (C=O) groups excluding carboxylic acids is 1. The van der Waals surface area contributed by atoms with Gasteiger partial charge in [0.1, 0.15) is 10.0 Å². The Bertz CT molecular complexity index is 1540. The Morgan fingerprint density at radius 2 is 1.18 bits per heavy atom. The summed E-state index contributed by atoms with van der Waals surface area (Å²) in [4.78, 5) is 42.4. The molecule has 2 aromatic heterocycles. The van der Waals surface area contributed by atoms with Crippen molar-refractivity contribution < 1.29 is 24.9 Å². The number of carbonyl (C=O) groups is 1. The molecular formula is C21H10N4O7S2. The first kappa shape index (κ1) is 21.4. The number of non-ortho nitro benzene ring substituents is 2. The van der Waals surface area contributed by atoms with Crippen molar-refractivity contribution >= 4 is 72.4 Å². The highest BCUT2D eigenvalue weighted by atomic mass is 32.1. The number of hydrogen-bond donors (Lipinski definition) is 2. The van der Waals surface area contributed by atoms with E-state index in [-0.39, 0.29) is 22.5 Å². The van der Waals surface area contributed by atoms with Gasteiger partial charge in [0.25, 0.3) is 11.4 Å². The standard InChI is InChI=1S/C21H10N4O7S2/c26-19-11(7-17-22-13-3-1-9(24(29)30)5-15(13)33-17)20(27)21(28)12(19)8-18-23-14-4-2-10(25(31)32)6-16(14)34-18/h1-8,27-28H/b11-7-,12-8-. The van der Waals surface area contributed by atoms with Gasteiger partial charge >= 0.3 is 0 Å². The lowest BCUT2D eigenvalue weighted by Crippen LogP contribution is -1.99. The number of ketones is 1. The third-order valence-electron chi connectivity index (χ3n) is 4.96. The molecule has 0 radical (unpaired) electrons. The SMILES string of the molecule is O=C1/C(=C/c2nc3ccc([N+](=O)[O-])cc3s2)C(O)=C(O)/C1=C\c1nc2ccc([N+](=O)[O-])cc2s1. The number of nitro benzene ring substituents is 2. The van der Waals surface area contributed by atoms with E-state index in [1.807, 2.05) is 0 Å². The lowest BCUT2D eigenvalue weighted by atomic mass is 10.1. The predicted molar refractivity (Wildman–Crippen MR) is 126 cm³/mol. The Kier molecular flexibility index (Phi) is 4.92. The molecule has 0 saturated carbocycles. The summed E-state index contributed by atoms with van der Waals surface area (Å²) in [5, 5.41) is 43.3. The molecule has 34 heavy (non-hydrogen) atoms. The summed E-state index contributed by atoms with van der Waals surface area (Å²) in [5.41, 5.74) is 0.404. The molecule has 5 rings (SSSR count). The lowest BCUT2D eigenvalue weighted by molar-refractivity contribution is -0.384. The Hall–Kier alpha value is -4.49. The minimum atomic E-state index is -0.662. The van der Waals surface area contributed by atoms with Gasteiger partial charge in [-0.15, -0.1) is 22.7 Å². The number of aliphatic hydroxyl groups excluding tert-OH is 2. The number of aromatic nitrogens is 2. The first-order valence-corrected chi connectivity index (χ1v) is 11.1. The molecule has 0 fully saturated rings. The van der Waals surface area contributed by atoms with Gasteiger partial charge in [0, 0.05) is 24.3 Å². The minimum Gasteiger partial charge on any atom is -0.504 e. The number of rotatable bonds is 4. The molecule has 13 heteroatoms. The zero-order valence-electron chi connectivity index (χ0n) is 16.7. The average Bonchev–Trinajstić information content (AvgIpc) is 3.45. The zero-order chi connectivity index (χ0) is 24.1. The van der Waals surface area contributed by atoms with Crippen molar-refractivity contribution in [1.29, 1.82) is 0 Å². The molecule has 168 valence electrons. The fourth-order valence-corrected chi connectivity index (χ4v) is 5.23. The van der Waals surface area contributed by atoms with Crippen LogP contribution in [0.15, 0.2) is 59.1 Å². The number of benzene rings is 2. The minimum absolute atomic E-state index is 0.0981. The highest BCUT2D eigenvalue weighted by Gasteiger charge is 2.33. The number of allylic oxidation sites excluding steroid dienone is 2. The smallest absolute Gasteiger partial charge is 0.270 e. The van der Waals surface area contributed by atoms with Crippen LogP contribution < -0.4 is 0 Å². The van der Waals surface area contributed by atoms with Gasteiger partial charge in [0.15, 0.2) is 11.5 Å². The topological polar surface area (TPSA) is 170 Å². The van der Waals surface area contributed by atoms with Gasteiger partial charge < -0.3 is 10.2 Å². The Morgan fingerprint density at radius 1 is 0.765 bits per heavy atom. The van der Waals surface area contributed by atoms with Crippen LogP contribution in [0.1, 0.15) is 10.0 Å². The number of aliphatic hydroxyl groups is 2. The average molecular weight is 494 g/mol. The maximum Gasteiger partial charge on any atom is 0.270 e. The van der Waals surface area contributed by atoms with E-state index in [4.69, 9.17) is 0 Å². The molecule has 0 spiro atoms. The highest BCUT2D eigenvalue weighted by Crippen LogP contribution is 2.36. The van der Waals surface area contributed by atoms with Crippen LogP contribution in [0.3, 0.4) is 0 Å². The molecule has 0 atom stereocenters. The summed E-state index contributed by atoms with van der Waals surface area (Å²) in [5.74, 6) is -1.91. The van der Waals surface area contributed by atoms with Crippen molar-refractivity contribution in [3.63, 3.8) is 0 Å². The molecule has 11 nitrogen and oxygen atoms in total. The number of Topliss-reactive ketones (excluding diaryl/α,β-unsaturated/α-hetero) is 1. The lowest BCUT2D eigenvalue weighted by Gasteiger charge is -1.94. The van der Waals surface area contributed by atoms with Gasteiger partial charge in [0.05, 0.1) is 41.4 Å². The first-order chi connectivity index (χ1) is 16.2. The van der Waals surface area contributed by atoms with E-state index in [1.165, 1.54) is 48.6 Å². The molecule has 2 heterocycles. The first-order valence-electron chi connectivity index (χ1n) is 9.42. The second-order valence-corrected chi connectivity index (χ2v) is 9.19. The van der Waals surface area contributed by atoms with E-state index in [2.05, 4.69) is 9.97 Å². The van der Waals surface area contributed by atoms with Gasteiger partial charge in [-0.3, -0.25) is 25.0 Å². The molecule has 0 bridgehead atoms. The quantitative estimate of drug-likeness (QED) is 0.222. The van der Waals surface area contributed by atoms with Gasteiger partial charge in [-0.25, -0.2) is 9.97 Å². The van der Waals surface area contributed by atoms with Crippen LogP contribution >= 0.6 is 22.7 Å². The van der Waals surface area contributed by atoms with Crippen LogP contribution in [0.25, 0.3) is 32.6 Å². The van der Waals surface area contributed by atoms with Gasteiger partial charge in [-0.1, -0.05) is 0 Å². The fourth-order valence-electron chi connectivity index (χ4n) is 3.34. The third-order valence-corrected chi connectivity index (χ3v) is 6.89. The van der Waals surface area contributed by atoms with Gasteiger partial charge in [-0.05, 0) is 24.3 Å². The number of fused-ring (bicyclic) bond motifs is 2. The predicted octanol–water partition coefficient (Wildman–Crippen LogP) is 5.10. The maximum absolute atomic E-state index is 12.9. The summed E-state index contributed by atoms with van der Waals surface area (Å²) in [6, 6.07) is 8.33. The third kappa shape index (κ3) is 3.58. The van der Waals surface area contributed by atoms with E-state index in [9.17, 15) is 35.2 Å². The van der Waals surface area contributed by atoms with E-state index < -0.39 is 27.1 Å². The van der Waals surface area contributed by atoms with Crippen LogP contribution in [0.2, 0.25) is 0 Å². The monoisotopic (exact) mass is 494 g/mol. The summed E-state index contributed by atoms with van der Waals surface area (Å²) in [6.45, 7) is 0. The maximum atomic E-state index is 12.9. The van der Waals surface area contributed by atoms with E-state index >= 15 is 0 Å².